The van der Waals surface area contributed by atoms with Gasteiger partial charge in [-0.15, -0.1) is 0 Å². The summed E-state index contributed by atoms with van der Waals surface area (Å²) in [7, 11) is 0. The van der Waals surface area contributed by atoms with Crippen LogP contribution in [0.2, 0.25) is 0 Å². The maximum atomic E-state index is 12.1. The van der Waals surface area contributed by atoms with Gasteiger partial charge >= 0.3 is 0 Å². The minimum atomic E-state index is -0.112. The number of nitrogens with zero attached hydrogens (tertiary/aromatic N) is 2. The van der Waals surface area contributed by atoms with E-state index >= 15 is 0 Å². The number of pyridine rings is 1. The Kier molecular flexibility index (Phi) is 5.95. The Bertz CT molecular complexity index is 598. The predicted octanol–water partition coefficient (Wildman–Crippen LogP) is 3.77. The van der Waals surface area contributed by atoms with Crippen LogP contribution in [0, 0.1) is 0 Å². The molecular formula is C18H23N3O. The Hall–Kier alpha value is -2.36. The van der Waals surface area contributed by atoms with E-state index in [4.69, 9.17) is 0 Å². The van der Waals surface area contributed by atoms with Gasteiger partial charge in [-0.25, -0.2) is 0 Å². The van der Waals surface area contributed by atoms with Crippen molar-refractivity contribution in [3.63, 3.8) is 0 Å². The average molecular weight is 297 g/mol. The summed E-state index contributed by atoms with van der Waals surface area (Å²) in [5, 5.41) is 2.90. The first-order valence-corrected chi connectivity index (χ1v) is 7.83. The molecule has 0 fully saturated rings. The number of carbonyl (C=O) groups is 1. The zero-order chi connectivity index (χ0) is 15.8. The Balaban J connectivity index is 2.18. The Morgan fingerprint density at radius 3 is 2.59 bits per heavy atom. The second-order valence-electron chi connectivity index (χ2n) is 5.09. The summed E-state index contributed by atoms with van der Waals surface area (Å²) in [6.45, 7) is 5.71. The van der Waals surface area contributed by atoms with Gasteiger partial charge in [-0.2, -0.15) is 0 Å². The number of para-hydroxylation sites is 1. The van der Waals surface area contributed by atoms with E-state index in [0.29, 0.717) is 12.2 Å². The van der Waals surface area contributed by atoms with Crippen molar-refractivity contribution >= 4 is 17.3 Å². The van der Waals surface area contributed by atoms with E-state index in [1.807, 2.05) is 30.3 Å². The minimum Gasteiger partial charge on any atom is -0.351 e. The van der Waals surface area contributed by atoms with Gasteiger partial charge in [-0.3, -0.25) is 9.78 Å². The van der Waals surface area contributed by atoms with Crippen LogP contribution < -0.4 is 10.2 Å². The fourth-order valence-electron chi connectivity index (χ4n) is 2.30. The molecule has 0 aliphatic carbocycles. The Labute approximate surface area is 132 Å². The standard InChI is InChI=1S/C18H23N3O/c1-3-5-12-20-18(22)17-14-16(11-13-19-17)21(4-2)15-9-7-6-8-10-15/h6-11,13-14H,3-5,12H2,1-2H3,(H,20,22). The molecule has 116 valence electrons. The number of amides is 1. The topological polar surface area (TPSA) is 45.2 Å². The highest BCUT2D eigenvalue weighted by Gasteiger charge is 2.11. The SMILES string of the molecule is CCCCNC(=O)c1cc(N(CC)c2ccccc2)ccn1. The molecule has 1 aromatic carbocycles. The lowest BCUT2D eigenvalue weighted by molar-refractivity contribution is 0.0948. The zero-order valence-corrected chi connectivity index (χ0v) is 13.2. The largest absolute Gasteiger partial charge is 0.351 e. The average Bonchev–Trinajstić information content (AvgIpc) is 2.57. The highest BCUT2D eigenvalue weighted by atomic mass is 16.1. The maximum Gasteiger partial charge on any atom is 0.269 e. The third-order valence-corrected chi connectivity index (χ3v) is 3.49. The lowest BCUT2D eigenvalue weighted by Crippen LogP contribution is -2.25. The van der Waals surface area contributed by atoms with Gasteiger partial charge in [0.2, 0.25) is 0 Å². The summed E-state index contributed by atoms with van der Waals surface area (Å²) < 4.78 is 0. The number of carbonyl (C=O) groups excluding carboxylic acids is 1. The summed E-state index contributed by atoms with van der Waals surface area (Å²) in [6, 6.07) is 13.9. The molecule has 1 amide bonds. The predicted molar refractivity (Wildman–Crippen MR) is 90.6 cm³/mol. The monoisotopic (exact) mass is 297 g/mol. The van der Waals surface area contributed by atoms with Gasteiger partial charge in [-0.05, 0) is 37.6 Å². The van der Waals surface area contributed by atoms with Crippen LogP contribution >= 0.6 is 0 Å². The summed E-state index contributed by atoms with van der Waals surface area (Å²) >= 11 is 0. The molecule has 1 N–H and O–H groups in total. The summed E-state index contributed by atoms with van der Waals surface area (Å²) in [5.41, 5.74) is 2.54. The first-order chi connectivity index (χ1) is 10.8. The number of benzene rings is 1. The van der Waals surface area contributed by atoms with Crippen LogP contribution in [0.25, 0.3) is 0 Å². The molecule has 4 heteroatoms. The van der Waals surface area contributed by atoms with Crippen molar-refractivity contribution in [2.45, 2.75) is 26.7 Å². The molecule has 22 heavy (non-hydrogen) atoms. The van der Waals surface area contributed by atoms with E-state index in [9.17, 15) is 4.79 Å². The van der Waals surface area contributed by atoms with E-state index in [-0.39, 0.29) is 5.91 Å². The van der Waals surface area contributed by atoms with E-state index in [2.05, 4.69) is 41.2 Å². The van der Waals surface area contributed by atoms with Crippen molar-refractivity contribution in [2.24, 2.45) is 0 Å². The third kappa shape index (κ3) is 4.07. The number of nitrogens with one attached hydrogen (secondary N) is 1. The normalized spacial score (nSPS) is 10.3. The number of unbranched alkanes of at least 4 members (excludes halogenated alkanes) is 1. The van der Waals surface area contributed by atoms with Crippen LogP contribution in [-0.4, -0.2) is 24.0 Å². The Morgan fingerprint density at radius 1 is 1.14 bits per heavy atom. The number of hydrogen-bond donors (Lipinski definition) is 1. The van der Waals surface area contributed by atoms with Gasteiger partial charge in [0.1, 0.15) is 5.69 Å². The Morgan fingerprint density at radius 2 is 1.91 bits per heavy atom. The quantitative estimate of drug-likeness (QED) is 0.791. The molecule has 4 nitrogen and oxygen atoms in total. The van der Waals surface area contributed by atoms with Crippen molar-refractivity contribution in [1.82, 2.24) is 10.3 Å². The van der Waals surface area contributed by atoms with E-state index in [1.54, 1.807) is 6.20 Å². The van der Waals surface area contributed by atoms with Crippen molar-refractivity contribution < 1.29 is 4.79 Å². The van der Waals surface area contributed by atoms with Crippen LogP contribution in [0.5, 0.6) is 0 Å². The van der Waals surface area contributed by atoms with Crippen LogP contribution in [0.15, 0.2) is 48.7 Å². The molecule has 0 atom stereocenters. The van der Waals surface area contributed by atoms with Crippen molar-refractivity contribution in [3.8, 4) is 0 Å². The lowest BCUT2D eigenvalue weighted by atomic mass is 10.2. The smallest absolute Gasteiger partial charge is 0.269 e. The van der Waals surface area contributed by atoms with E-state index in [0.717, 1.165) is 30.8 Å². The van der Waals surface area contributed by atoms with Gasteiger partial charge in [0.05, 0.1) is 0 Å². The molecule has 0 aliphatic heterocycles. The number of rotatable bonds is 7. The second kappa shape index (κ2) is 8.17. The van der Waals surface area contributed by atoms with E-state index < -0.39 is 0 Å². The van der Waals surface area contributed by atoms with Crippen molar-refractivity contribution in [2.75, 3.05) is 18.0 Å². The molecule has 0 unspecified atom stereocenters. The minimum absolute atomic E-state index is 0.112. The van der Waals surface area contributed by atoms with Gasteiger partial charge in [0.15, 0.2) is 0 Å². The summed E-state index contributed by atoms with van der Waals surface area (Å²) in [6.07, 6.45) is 3.73. The molecule has 0 aliphatic rings. The number of aromatic nitrogens is 1. The molecule has 2 rings (SSSR count). The highest BCUT2D eigenvalue weighted by Crippen LogP contribution is 2.24. The van der Waals surface area contributed by atoms with Gasteiger partial charge in [0, 0.05) is 30.7 Å². The first-order valence-electron chi connectivity index (χ1n) is 7.83. The van der Waals surface area contributed by atoms with Gasteiger partial charge < -0.3 is 10.2 Å². The lowest BCUT2D eigenvalue weighted by Gasteiger charge is -2.23. The van der Waals surface area contributed by atoms with Crippen LogP contribution in [0.3, 0.4) is 0 Å². The molecule has 0 radical (unpaired) electrons. The van der Waals surface area contributed by atoms with Crippen molar-refractivity contribution in [3.05, 3.63) is 54.4 Å². The molecule has 0 spiro atoms. The van der Waals surface area contributed by atoms with Crippen LogP contribution in [0.1, 0.15) is 37.2 Å². The third-order valence-electron chi connectivity index (χ3n) is 3.49. The fraction of sp³-hybridized carbons (Fsp3) is 0.333. The second-order valence-corrected chi connectivity index (χ2v) is 5.09. The summed E-state index contributed by atoms with van der Waals surface area (Å²) in [5.74, 6) is -0.112. The molecule has 1 aromatic heterocycles. The first kappa shape index (κ1) is 16.0. The van der Waals surface area contributed by atoms with Crippen molar-refractivity contribution in [1.29, 1.82) is 0 Å². The zero-order valence-electron chi connectivity index (χ0n) is 13.2. The highest BCUT2D eigenvalue weighted by molar-refractivity contribution is 5.93. The molecular weight excluding hydrogens is 274 g/mol. The fourth-order valence-corrected chi connectivity index (χ4v) is 2.30. The van der Waals surface area contributed by atoms with E-state index in [1.165, 1.54) is 0 Å². The molecule has 0 saturated heterocycles. The molecule has 0 saturated carbocycles. The van der Waals surface area contributed by atoms with Crippen LogP contribution in [-0.2, 0) is 0 Å². The number of hydrogen-bond acceptors (Lipinski definition) is 3. The molecule has 0 bridgehead atoms. The van der Waals surface area contributed by atoms with Gasteiger partial charge in [-0.1, -0.05) is 31.5 Å². The van der Waals surface area contributed by atoms with Crippen LogP contribution in [0.4, 0.5) is 11.4 Å². The van der Waals surface area contributed by atoms with Gasteiger partial charge in [0.25, 0.3) is 5.91 Å². The molecule has 2 aromatic rings. The summed E-state index contributed by atoms with van der Waals surface area (Å²) in [4.78, 5) is 18.5. The molecule has 1 heterocycles. The maximum absolute atomic E-state index is 12.1. The number of anilines is 2.